The lowest BCUT2D eigenvalue weighted by Crippen LogP contribution is -2.20. The molecular weight excluding hydrogens is 254 g/mol. The van der Waals surface area contributed by atoms with Crippen LogP contribution in [-0.2, 0) is 4.79 Å². The standard InChI is InChI=1S/C16H19NO3/c18-16(7-12-6-10-1-2-11(12)5-10)17-13-3-4-14-15(8-13)20-9-19-14/h3-4,8,10-12H,1-2,5-7,9H2,(H,17,18)/t10-,11-,12+/m1/s1. The number of carbonyl (C=O) groups is 1. The summed E-state index contributed by atoms with van der Waals surface area (Å²) in [6.07, 6.45) is 5.97. The number of anilines is 1. The Bertz CT molecular complexity index is 543. The minimum Gasteiger partial charge on any atom is -0.454 e. The summed E-state index contributed by atoms with van der Waals surface area (Å²) in [5.74, 6) is 3.87. The van der Waals surface area contributed by atoms with E-state index in [1.54, 1.807) is 0 Å². The summed E-state index contributed by atoms with van der Waals surface area (Å²) in [7, 11) is 0. The summed E-state index contributed by atoms with van der Waals surface area (Å²) in [6, 6.07) is 5.54. The Kier molecular flexibility index (Phi) is 2.83. The van der Waals surface area contributed by atoms with E-state index >= 15 is 0 Å². The first kappa shape index (κ1) is 12.1. The fourth-order valence-electron chi connectivity index (χ4n) is 4.05. The Morgan fingerprint density at radius 3 is 2.90 bits per heavy atom. The normalized spacial score (nSPS) is 29.7. The van der Waals surface area contributed by atoms with Crippen molar-refractivity contribution in [2.45, 2.75) is 32.1 Å². The van der Waals surface area contributed by atoms with Crippen LogP contribution in [0.1, 0.15) is 32.1 Å². The van der Waals surface area contributed by atoms with Crippen molar-refractivity contribution in [3.8, 4) is 11.5 Å². The Labute approximate surface area is 118 Å². The van der Waals surface area contributed by atoms with Gasteiger partial charge in [0.15, 0.2) is 11.5 Å². The lowest BCUT2D eigenvalue weighted by molar-refractivity contribution is -0.117. The molecule has 2 bridgehead atoms. The molecule has 1 heterocycles. The van der Waals surface area contributed by atoms with Crippen LogP contribution in [0.5, 0.6) is 11.5 Å². The van der Waals surface area contributed by atoms with Gasteiger partial charge in [0, 0.05) is 18.2 Å². The van der Waals surface area contributed by atoms with Gasteiger partial charge in [-0.1, -0.05) is 6.42 Å². The number of amides is 1. The van der Waals surface area contributed by atoms with Crippen molar-refractivity contribution in [1.29, 1.82) is 0 Å². The maximum absolute atomic E-state index is 12.2. The van der Waals surface area contributed by atoms with Gasteiger partial charge in [-0.3, -0.25) is 4.79 Å². The van der Waals surface area contributed by atoms with Crippen molar-refractivity contribution in [2.24, 2.45) is 17.8 Å². The summed E-state index contributed by atoms with van der Waals surface area (Å²) in [5, 5.41) is 2.98. The van der Waals surface area contributed by atoms with E-state index in [0.717, 1.165) is 23.3 Å². The predicted molar refractivity (Wildman–Crippen MR) is 74.7 cm³/mol. The highest BCUT2D eigenvalue weighted by Gasteiger charge is 2.40. The Morgan fingerprint density at radius 1 is 1.20 bits per heavy atom. The summed E-state index contributed by atoms with van der Waals surface area (Å²) in [5.41, 5.74) is 0.794. The van der Waals surface area contributed by atoms with Crippen LogP contribution < -0.4 is 14.8 Å². The van der Waals surface area contributed by atoms with Crippen LogP contribution in [0, 0.1) is 17.8 Å². The van der Waals surface area contributed by atoms with E-state index in [2.05, 4.69) is 5.32 Å². The average molecular weight is 273 g/mol. The van der Waals surface area contributed by atoms with E-state index in [4.69, 9.17) is 9.47 Å². The van der Waals surface area contributed by atoms with E-state index in [1.165, 1.54) is 25.7 Å². The quantitative estimate of drug-likeness (QED) is 0.920. The second-order valence-electron chi connectivity index (χ2n) is 6.26. The molecule has 4 heteroatoms. The zero-order valence-electron chi connectivity index (χ0n) is 11.4. The molecule has 4 rings (SSSR count). The molecule has 1 aliphatic heterocycles. The van der Waals surface area contributed by atoms with E-state index in [1.807, 2.05) is 18.2 Å². The predicted octanol–water partition coefficient (Wildman–Crippen LogP) is 3.18. The molecule has 3 aliphatic rings. The van der Waals surface area contributed by atoms with Gasteiger partial charge in [-0.2, -0.15) is 0 Å². The fraction of sp³-hybridized carbons (Fsp3) is 0.562. The van der Waals surface area contributed by atoms with Crippen LogP contribution in [0.3, 0.4) is 0 Å². The zero-order chi connectivity index (χ0) is 13.5. The Morgan fingerprint density at radius 2 is 2.10 bits per heavy atom. The van der Waals surface area contributed by atoms with Gasteiger partial charge in [-0.05, 0) is 49.1 Å². The van der Waals surface area contributed by atoms with Crippen molar-refractivity contribution < 1.29 is 14.3 Å². The van der Waals surface area contributed by atoms with Gasteiger partial charge >= 0.3 is 0 Å². The van der Waals surface area contributed by atoms with Crippen molar-refractivity contribution in [3.63, 3.8) is 0 Å². The molecular formula is C16H19NO3. The van der Waals surface area contributed by atoms with Gasteiger partial charge < -0.3 is 14.8 Å². The first-order chi connectivity index (χ1) is 9.78. The lowest BCUT2D eigenvalue weighted by Gasteiger charge is -2.20. The monoisotopic (exact) mass is 273 g/mol. The van der Waals surface area contributed by atoms with Gasteiger partial charge in [0.05, 0.1) is 0 Å². The van der Waals surface area contributed by atoms with Crippen molar-refractivity contribution in [1.82, 2.24) is 0 Å². The molecule has 4 nitrogen and oxygen atoms in total. The molecule has 1 amide bonds. The Balaban J connectivity index is 1.38. The van der Waals surface area contributed by atoms with E-state index in [9.17, 15) is 4.79 Å². The number of ether oxygens (including phenoxy) is 2. The van der Waals surface area contributed by atoms with Crippen molar-refractivity contribution in [3.05, 3.63) is 18.2 Å². The number of nitrogens with one attached hydrogen (secondary N) is 1. The van der Waals surface area contributed by atoms with Crippen LogP contribution in [0.15, 0.2) is 18.2 Å². The minimum absolute atomic E-state index is 0.126. The van der Waals surface area contributed by atoms with Gasteiger partial charge in [0.1, 0.15) is 0 Å². The number of benzene rings is 1. The third kappa shape index (κ3) is 2.13. The molecule has 0 radical (unpaired) electrons. The first-order valence-electron chi connectivity index (χ1n) is 7.47. The number of hydrogen-bond donors (Lipinski definition) is 1. The molecule has 2 saturated carbocycles. The first-order valence-corrected chi connectivity index (χ1v) is 7.47. The SMILES string of the molecule is O=C(C[C@@H]1C[C@@H]2CC[C@@H]1C2)Nc1ccc2c(c1)OCO2. The van der Waals surface area contributed by atoms with Crippen LogP contribution in [0.2, 0.25) is 0 Å². The highest BCUT2D eigenvalue weighted by molar-refractivity contribution is 5.91. The molecule has 2 aliphatic carbocycles. The summed E-state index contributed by atoms with van der Waals surface area (Å²) < 4.78 is 10.6. The Hall–Kier alpha value is -1.71. The second kappa shape index (κ2) is 4.69. The smallest absolute Gasteiger partial charge is 0.231 e. The number of hydrogen-bond acceptors (Lipinski definition) is 3. The third-order valence-electron chi connectivity index (χ3n) is 4.99. The second-order valence-corrected chi connectivity index (χ2v) is 6.26. The van der Waals surface area contributed by atoms with Crippen LogP contribution in [-0.4, -0.2) is 12.7 Å². The molecule has 2 fully saturated rings. The van der Waals surface area contributed by atoms with Gasteiger partial charge in [0.25, 0.3) is 0 Å². The lowest BCUT2D eigenvalue weighted by atomic mass is 9.86. The molecule has 20 heavy (non-hydrogen) atoms. The van der Waals surface area contributed by atoms with Gasteiger partial charge in [0.2, 0.25) is 12.7 Å². The molecule has 0 spiro atoms. The third-order valence-corrected chi connectivity index (χ3v) is 4.99. The summed E-state index contributed by atoms with van der Waals surface area (Å²) in [6.45, 7) is 0.262. The topological polar surface area (TPSA) is 47.6 Å². The molecule has 1 N–H and O–H groups in total. The number of carbonyl (C=O) groups excluding carboxylic acids is 1. The fourth-order valence-corrected chi connectivity index (χ4v) is 4.05. The van der Waals surface area contributed by atoms with Crippen LogP contribution >= 0.6 is 0 Å². The highest BCUT2D eigenvalue weighted by atomic mass is 16.7. The minimum atomic E-state index is 0.126. The van der Waals surface area contributed by atoms with E-state index < -0.39 is 0 Å². The maximum Gasteiger partial charge on any atom is 0.231 e. The molecule has 0 aromatic heterocycles. The summed E-state index contributed by atoms with van der Waals surface area (Å²) >= 11 is 0. The van der Waals surface area contributed by atoms with E-state index in [-0.39, 0.29) is 12.7 Å². The van der Waals surface area contributed by atoms with Crippen LogP contribution in [0.4, 0.5) is 5.69 Å². The van der Waals surface area contributed by atoms with Gasteiger partial charge in [-0.15, -0.1) is 0 Å². The van der Waals surface area contributed by atoms with Crippen molar-refractivity contribution >= 4 is 11.6 Å². The highest BCUT2D eigenvalue weighted by Crippen LogP contribution is 2.49. The van der Waals surface area contributed by atoms with E-state index in [0.29, 0.717) is 18.1 Å². The molecule has 1 aromatic carbocycles. The molecule has 0 saturated heterocycles. The molecule has 0 unspecified atom stereocenters. The average Bonchev–Trinajstić information content (AvgIpc) is 3.13. The number of rotatable bonds is 3. The largest absolute Gasteiger partial charge is 0.454 e. The molecule has 106 valence electrons. The van der Waals surface area contributed by atoms with Gasteiger partial charge in [-0.25, -0.2) is 0 Å². The number of fused-ring (bicyclic) bond motifs is 3. The van der Waals surface area contributed by atoms with Crippen molar-refractivity contribution in [2.75, 3.05) is 12.1 Å². The summed E-state index contributed by atoms with van der Waals surface area (Å²) in [4.78, 5) is 12.2. The molecule has 1 aromatic rings. The maximum atomic E-state index is 12.2. The van der Waals surface area contributed by atoms with Crippen LogP contribution in [0.25, 0.3) is 0 Å². The zero-order valence-corrected chi connectivity index (χ0v) is 11.4. The molecule has 3 atom stereocenters.